The maximum Gasteiger partial charge on any atom is 0.0204 e. The first-order chi connectivity index (χ1) is 4.79. The highest BCUT2D eigenvalue weighted by molar-refractivity contribution is 5.00. The van der Waals surface area contributed by atoms with E-state index in [1.165, 1.54) is 25.7 Å². The van der Waals surface area contributed by atoms with Crippen LogP contribution in [0.25, 0.3) is 0 Å². The lowest BCUT2D eigenvalue weighted by Crippen LogP contribution is -2.56. The maximum atomic E-state index is 3.47. The number of hydrogen-bond acceptors (Lipinski definition) is 1. The van der Waals surface area contributed by atoms with Crippen LogP contribution in [0, 0.1) is 5.92 Å². The Balaban J connectivity index is 2.48. The van der Waals surface area contributed by atoms with Crippen LogP contribution in [0.3, 0.4) is 0 Å². The van der Waals surface area contributed by atoms with Crippen molar-refractivity contribution < 1.29 is 0 Å². The molecule has 10 heavy (non-hydrogen) atoms. The van der Waals surface area contributed by atoms with Crippen molar-refractivity contribution in [3.8, 4) is 0 Å². The highest BCUT2D eigenvalue weighted by atomic mass is 15.0. The monoisotopic (exact) mass is 141 g/mol. The molecule has 0 heterocycles. The second-order valence-corrected chi connectivity index (χ2v) is 3.40. The molecule has 0 aliphatic heterocycles. The van der Waals surface area contributed by atoms with Crippen LogP contribution < -0.4 is 5.32 Å². The Morgan fingerprint density at radius 3 is 2.30 bits per heavy atom. The molecule has 1 saturated carbocycles. The SMILES string of the molecule is CCC1CC[C@]1(CC)NC. The molecule has 1 aliphatic carbocycles. The van der Waals surface area contributed by atoms with Gasteiger partial charge < -0.3 is 5.32 Å². The number of nitrogens with one attached hydrogen (secondary N) is 1. The Kier molecular flexibility index (Phi) is 2.35. The zero-order valence-corrected chi connectivity index (χ0v) is 7.41. The van der Waals surface area contributed by atoms with Gasteiger partial charge in [0.25, 0.3) is 0 Å². The Morgan fingerprint density at radius 2 is 2.20 bits per heavy atom. The minimum Gasteiger partial charge on any atom is -0.314 e. The Bertz CT molecular complexity index is 97.8. The molecule has 0 saturated heterocycles. The van der Waals surface area contributed by atoms with Gasteiger partial charge in [0.1, 0.15) is 0 Å². The Morgan fingerprint density at radius 1 is 1.50 bits per heavy atom. The van der Waals surface area contributed by atoms with Crippen molar-refractivity contribution in [1.82, 2.24) is 5.32 Å². The third-order valence-corrected chi connectivity index (χ3v) is 3.34. The third-order valence-electron chi connectivity index (χ3n) is 3.34. The van der Waals surface area contributed by atoms with Gasteiger partial charge >= 0.3 is 0 Å². The fourth-order valence-electron chi connectivity index (χ4n) is 2.26. The third kappa shape index (κ3) is 0.968. The average Bonchev–Trinajstić information content (AvgIpc) is 1.90. The largest absolute Gasteiger partial charge is 0.314 e. The fraction of sp³-hybridized carbons (Fsp3) is 1.00. The molecule has 1 fully saturated rings. The van der Waals surface area contributed by atoms with Crippen LogP contribution in [-0.2, 0) is 0 Å². The van der Waals surface area contributed by atoms with E-state index in [1.807, 2.05) is 0 Å². The number of hydrogen-bond donors (Lipinski definition) is 1. The van der Waals surface area contributed by atoms with Crippen molar-refractivity contribution in [2.24, 2.45) is 5.92 Å². The van der Waals surface area contributed by atoms with Crippen molar-refractivity contribution in [3.63, 3.8) is 0 Å². The highest BCUT2D eigenvalue weighted by Gasteiger charge is 2.42. The molecule has 1 nitrogen and oxygen atoms in total. The van der Waals surface area contributed by atoms with Gasteiger partial charge in [-0.05, 0) is 32.2 Å². The predicted octanol–water partition coefficient (Wildman–Crippen LogP) is 2.17. The number of rotatable bonds is 3. The summed E-state index contributed by atoms with van der Waals surface area (Å²) >= 11 is 0. The molecule has 0 aromatic heterocycles. The molecule has 1 N–H and O–H groups in total. The van der Waals surface area contributed by atoms with E-state index in [-0.39, 0.29) is 0 Å². The van der Waals surface area contributed by atoms with Crippen LogP contribution in [0.15, 0.2) is 0 Å². The first-order valence-electron chi connectivity index (χ1n) is 4.48. The van der Waals surface area contributed by atoms with Crippen LogP contribution in [0.5, 0.6) is 0 Å². The van der Waals surface area contributed by atoms with Gasteiger partial charge in [-0.3, -0.25) is 0 Å². The molecule has 1 heteroatoms. The van der Waals surface area contributed by atoms with E-state index in [9.17, 15) is 0 Å². The second kappa shape index (κ2) is 2.91. The molecular formula is C9H19N. The first kappa shape index (κ1) is 8.06. The molecule has 60 valence electrons. The summed E-state index contributed by atoms with van der Waals surface area (Å²) in [6.45, 7) is 4.59. The van der Waals surface area contributed by atoms with Crippen LogP contribution in [0.2, 0.25) is 0 Å². The average molecular weight is 141 g/mol. The quantitative estimate of drug-likeness (QED) is 0.635. The van der Waals surface area contributed by atoms with E-state index in [0.29, 0.717) is 5.54 Å². The minimum absolute atomic E-state index is 0.523. The molecule has 0 aromatic rings. The van der Waals surface area contributed by atoms with E-state index in [1.54, 1.807) is 0 Å². The van der Waals surface area contributed by atoms with Gasteiger partial charge in [0.15, 0.2) is 0 Å². The van der Waals surface area contributed by atoms with Crippen LogP contribution in [0.4, 0.5) is 0 Å². The lowest BCUT2D eigenvalue weighted by molar-refractivity contribution is 0.0828. The van der Waals surface area contributed by atoms with Crippen molar-refractivity contribution in [2.45, 2.75) is 45.1 Å². The summed E-state index contributed by atoms with van der Waals surface area (Å²) in [4.78, 5) is 0. The molecule has 0 amide bonds. The molecule has 0 bridgehead atoms. The van der Waals surface area contributed by atoms with E-state index in [0.717, 1.165) is 5.92 Å². The summed E-state index contributed by atoms with van der Waals surface area (Å²) in [5.41, 5.74) is 0.523. The minimum atomic E-state index is 0.523. The van der Waals surface area contributed by atoms with Gasteiger partial charge in [-0.25, -0.2) is 0 Å². The van der Waals surface area contributed by atoms with E-state index < -0.39 is 0 Å². The maximum absolute atomic E-state index is 3.47. The normalized spacial score (nSPS) is 39.3. The fourth-order valence-corrected chi connectivity index (χ4v) is 2.26. The van der Waals surface area contributed by atoms with Crippen molar-refractivity contribution in [2.75, 3.05) is 7.05 Å². The van der Waals surface area contributed by atoms with Crippen molar-refractivity contribution >= 4 is 0 Å². The Labute approximate surface area is 64.2 Å². The standard InChI is InChI=1S/C9H19N/c1-4-8-6-7-9(8,5-2)10-3/h8,10H,4-7H2,1-3H3/t8?,9-/m0/s1. The topological polar surface area (TPSA) is 12.0 Å². The van der Waals surface area contributed by atoms with E-state index in [2.05, 4.69) is 26.2 Å². The molecule has 0 aromatic carbocycles. The van der Waals surface area contributed by atoms with Crippen LogP contribution >= 0.6 is 0 Å². The summed E-state index contributed by atoms with van der Waals surface area (Å²) in [7, 11) is 2.10. The van der Waals surface area contributed by atoms with Gasteiger partial charge in [0.05, 0.1) is 0 Å². The zero-order chi connectivity index (χ0) is 7.61. The molecular weight excluding hydrogens is 122 g/mol. The van der Waals surface area contributed by atoms with Gasteiger partial charge in [-0.2, -0.15) is 0 Å². The van der Waals surface area contributed by atoms with E-state index in [4.69, 9.17) is 0 Å². The molecule has 2 atom stereocenters. The first-order valence-corrected chi connectivity index (χ1v) is 4.48. The van der Waals surface area contributed by atoms with E-state index >= 15 is 0 Å². The van der Waals surface area contributed by atoms with Crippen LogP contribution in [-0.4, -0.2) is 12.6 Å². The summed E-state index contributed by atoms with van der Waals surface area (Å²) < 4.78 is 0. The molecule has 1 rings (SSSR count). The van der Waals surface area contributed by atoms with Crippen molar-refractivity contribution in [3.05, 3.63) is 0 Å². The van der Waals surface area contributed by atoms with Crippen LogP contribution in [0.1, 0.15) is 39.5 Å². The van der Waals surface area contributed by atoms with Gasteiger partial charge in [-0.15, -0.1) is 0 Å². The molecule has 0 radical (unpaired) electrons. The summed E-state index contributed by atoms with van der Waals surface area (Å²) in [6.07, 6.45) is 5.46. The van der Waals surface area contributed by atoms with Gasteiger partial charge in [-0.1, -0.05) is 20.3 Å². The summed E-state index contributed by atoms with van der Waals surface area (Å²) in [5.74, 6) is 0.947. The lowest BCUT2D eigenvalue weighted by atomic mass is 9.64. The highest BCUT2D eigenvalue weighted by Crippen LogP contribution is 2.42. The smallest absolute Gasteiger partial charge is 0.0204 e. The molecule has 0 spiro atoms. The zero-order valence-electron chi connectivity index (χ0n) is 7.41. The van der Waals surface area contributed by atoms with Gasteiger partial charge in [0, 0.05) is 5.54 Å². The molecule has 1 unspecified atom stereocenters. The molecule has 1 aliphatic rings. The lowest BCUT2D eigenvalue weighted by Gasteiger charge is -2.49. The Hall–Kier alpha value is -0.0400. The summed E-state index contributed by atoms with van der Waals surface area (Å²) in [6, 6.07) is 0. The second-order valence-electron chi connectivity index (χ2n) is 3.40. The van der Waals surface area contributed by atoms with Gasteiger partial charge in [0.2, 0.25) is 0 Å². The summed E-state index contributed by atoms with van der Waals surface area (Å²) in [5, 5.41) is 3.47. The predicted molar refractivity (Wildman–Crippen MR) is 45.1 cm³/mol. The van der Waals surface area contributed by atoms with Crippen molar-refractivity contribution in [1.29, 1.82) is 0 Å².